The van der Waals surface area contributed by atoms with Gasteiger partial charge in [-0.05, 0) is 12.8 Å². The van der Waals surface area contributed by atoms with E-state index in [1.165, 1.54) is 103 Å². The minimum atomic E-state index is -5.35. The summed E-state index contributed by atoms with van der Waals surface area (Å²) in [5.74, 6) is -1.19. The van der Waals surface area contributed by atoms with Gasteiger partial charge >= 0.3 is 27.6 Å². The number of aliphatic hydroxyl groups excluding tert-OH is 4. The van der Waals surface area contributed by atoms with Crippen LogP contribution in [0.4, 0.5) is 0 Å². The molecular formula is C41H80O16P2. The molecule has 0 aliphatic heterocycles. The van der Waals surface area contributed by atoms with Crippen molar-refractivity contribution in [2.24, 2.45) is 0 Å². The molecule has 59 heavy (non-hydrogen) atoms. The lowest BCUT2D eigenvalue weighted by molar-refractivity contribution is -0.216. The fourth-order valence-corrected chi connectivity index (χ4v) is 8.68. The first-order valence-corrected chi connectivity index (χ1v) is 25.6. The third-order valence-electron chi connectivity index (χ3n) is 10.7. The van der Waals surface area contributed by atoms with Crippen molar-refractivity contribution in [1.82, 2.24) is 0 Å². The number of esters is 2. The number of carbonyl (C=O) groups is 2. The molecule has 0 saturated heterocycles. The second-order valence-electron chi connectivity index (χ2n) is 16.1. The Bertz CT molecular complexity index is 1170. The molecule has 1 fully saturated rings. The minimum absolute atomic E-state index is 0.0517. The fraction of sp³-hybridized carbons (Fsp3) is 0.951. The van der Waals surface area contributed by atoms with E-state index in [0.717, 1.165) is 51.4 Å². The molecule has 1 saturated carbocycles. The SMILES string of the molecule is CCCCCCCCCCCCCCCC(=O)OC[C@@H](COP(=O)(O)O[C@H]1[C@H](O)[C@@H](OP(=O)(O)O)[C@H](O)[C@@H](O)[C@H]1O)OC(=O)CCCCCCCCCCCCCCC. The lowest BCUT2D eigenvalue weighted by atomic mass is 9.85. The van der Waals surface area contributed by atoms with Crippen molar-refractivity contribution in [1.29, 1.82) is 0 Å². The monoisotopic (exact) mass is 890 g/mol. The lowest BCUT2D eigenvalue weighted by Gasteiger charge is -2.43. The number of unbranched alkanes of at least 4 members (excludes halogenated alkanes) is 24. The highest BCUT2D eigenvalue weighted by molar-refractivity contribution is 7.47. The molecule has 0 radical (unpaired) electrons. The Balaban J connectivity index is 2.61. The van der Waals surface area contributed by atoms with E-state index in [9.17, 15) is 44.0 Å². The van der Waals surface area contributed by atoms with E-state index in [0.29, 0.717) is 12.8 Å². The van der Waals surface area contributed by atoms with Gasteiger partial charge in [-0.3, -0.25) is 23.2 Å². The van der Waals surface area contributed by atoms with Gasteiger partial charge < -0.3 is 44.6 Å². The molecule has 0 aromatic heterocycles. The molecule has 16 nitrogen and oxygen atoms in total. The molecule has 350 valence electrons. The highest BCUT2D eigenvalue weighted by atomic mass is 31.2. The smallest absolute Gasteiger partial charge is 0.462 e. The summed E-state index contributed by atoms with van der Waals surface area (Å²) in [7, 11) is -10.6. The number of hydrogen-bond acceptors (Lipinski definition) is 13. The lowest BCUT2D eigenvalue weighted by Crippen LogP contribution is -2.64. The zero-order valence-corrected chi connectivity index (χ0v) is 37.7. The van der Waals surface area contributed by atoms with Crippen LogP contribution in [0, 0.1) is 0 Å². The summed E-state index contributed by atoms with van der Waals surface area (Å²) in [4.78, 5) is 54.1. The average Bonchev–Trinajstić information content (AvgIpc) is 3.18. The van der Waals surface area contributed by atoms with Crippen molar-refractivity contribution in [3.05, 3.63) is 0 Å². The summed E-state index contributed by atoms with van der Waals surface area (Å²) in [6.45, 7) is 3.11. The van der Waals surface area contributed by atoms with Crippen molar-refractivity contribution in [3.8, 4) is 0 Å². The number of phosphoric ester groups is 2. The molecule has 1 aliphatic rings. The van der Waals surface area contributed by atoms with Crippen LogP contribution in [-0.4, -0.2) is 103 Å². The van der Waals surface area contributed by atoms with Crippen molar-refractivity contribution in [2.45, 2.75) is 236 Å². The molecule has 0 amide bonds. The van der Waals surface area contributed by atoms with Crippen molar-refractivity contribution >= 4 is 27.6 Å². The molecule has 7 N–H and O–H groups in total. The van der Waals surface area contributed by atoms with Gasteiger partial charge in [-0.25, -0.2) is 9.13 Å². The predicted octanol–water partition coefficient (Wildman–Crippen LogP) is 7.84. The predicted molar refractivity (Wildman–Crippen MR) is 223 cm³/mol. The molecule has 18 heteroatoms. The summed E-state index contributed by atoms with van der Waals surface area (Å²) in [6.07, 6.45) is 15.0. The summed E-state index contributed by atoms with van der Waals surface area (Å²) >= 11 is 0. The van der Waals surface area contributed by atoms with Crippen molar-refractivity contribution in [3.63, 3.8) is 0 Å². The van der Waals surface area contributed by atoms with E-state index in [1.54, 1.807) is 0 Å². The van der Waals surface area contributed by atoms with Crippen LogP contribution >= 0.6 is 15.6 Å². The Morgan fingerprint density at radius 3 is 1.22 bits per heavy atom. The van der Waals surface area contributed by atoms with Crippen LogP contribution in [0.15, 0.2) is 0 Å². The van der Waals surface area contributed by atoms with Gasteiger partial charge in [0.1, 0.15) is 43.2 Å². The van der Waals surface area contributed by atoms with Crippen LogP contribution in [0.5, 0.6) is 0 Å². The van der Waals surface area contributed by atoms with Crippen LogP contribution in [0.3, 0.4) is 0 Å². The highest BCUT2D eigenvalue weighted by Crippen LogP contribution is 2.49. The number of hydrogen-bond donors (Lipinski definition) is 7. The van der Waals surface area contributed by atoms with Gasteiger partial charge in [-0.2, -0.15) is 0 Å². The van der Waals surface area contributed by atoms with Gasteiger partial charge in [0, 0.05) is 12.8 Å². The molecule has 0 heterocycles. The van der Waals surface area contributed by atoms with Crippen molar-refractivity contribution in [2.75, 3.05) is 13.2 Å². The van der Waals surface area contributed by atoms with Crippen LogP contribution < -0.4 is 0 Å². The maximum Gasteiger partial charge on any atom is 0.472 e. The first kappa shape index (κ1) is 56.0. The van der Waals surface area contributed by atoms with E-state index in [4.69, 9.17) is 28.3 Å². The zero-order chi connectivity index (χ0) is 43.9. The molecule has 0 bridgehead atoms. The average molecular weight is 891 g/mol. The Kier molecular flexibility index (Phi) is 31.8. The number of phosphoric acid groups is 2. The summed E-state index contributed by atoms with van der Waals surface area (Å²) < 4.78 is 49.3. The Morgan fingerprint density at radius 1 is 0.475 bits per heavy atom. The van der Waals surface area contributed by atoms with Crippen LogP contribution in [-0.2, 0) is 41.8 Å². The van der Waals surface area contributed by atoms with E-state index in [2.05, 4.69) is 18.4 Å². The number of carbonyl (C=O) groups excluding carboxylic acids is 2. The fourth-order valence-electron chi connectivity index (χ4n) is 7.14. The van der Waals surface area contributed by atoms with E-state index in [-0.39, 0.29) is 12.8 Å². The highest BCUT2D eigenvalue weighted by Gasteiger charge is 2.54. The van der Waals surface area contributed by atoms with E-state index >= 15 is 0 Å². The zero-order valence-electron chi connectivity index (χ0n) is 36.0. The summed E-state index contributed by atoms with van der Waals surface area (Å²) in [5, 5.41) is 41.1. The first-order valence-electron chi connectivity index (χ1n) is 22.6. The topological polar surface area (TPSA) is 256 Å². The standard InChI is InChI=1S/C41H80O16P2/c1-3-5-7-9-11-13-15-17-19-21-23-25-27-29-34(42)53-31-33(55-35(43)30-28-26-24-22-20-18-16-14-12-10-8-6-4-2)32-54-59(51,52)57-41-38(46)36(44)37(45)40(39(41)47)56-58(48,49)50/h33,36-41,44-47H,3-32H2,1-2H3,(H,51,52)(H2,48,49,50)/t33-,36+,37+,38+,39+,40-,41+/m0/s1. The normalized spacial score (nSPS) is 22.5. The third-order valence-corrected chi connectivity index (χ3v) is 12.2. The third kappa shape index (κ3) is 28.3. The van der Waals surface area contributed by atoms with Gasteiger partial charge in [0.2, 0.25) is 0 Å². The van der Waals surface area contributed by atoms with Crippen LogP contribution in [0.2, 0.25) is 0 Å². The van der Waals surface area contributed by atoms with E-state index in [1.807, 2.05) is 0 Å². The van der Waals surface area contributed by atoms with E-state index < -0.39 is 83.5 Å². The van der Waals surface area contributed by atoms with Gasteiger partial charge in [-0.1, -0.05) is 168 Å². The summed E-state index contributed by atoms with van der Waals surface area (Å²) in [5.41, 5.74) is 0. The van der Waals surface area contributed by atoms with Gasteiger partial charge in [0.15, 0.2) is 6.10 Å². The molecule has 1 aliphatic carbocycles. The Labute approximate surface area is 353 Å². The van der Waals surface area contributed by atoms with Crippen LogP contribution in [0.25, 0.3) is 0 Å². The second-order valence-corrected chi connectivity index (χ2v) is 18.7. The van der Waals surface area contributed by atoms with Gasteiger partial charge in [0.05, 0.1) is 6.61 Å². The largest absolute Gasteiger partial charge is 0.472 e. The molecule has 1 unspecified atom stereocenters. The number of rotatable bonds is 38. The van der Waals surface area contributed by atoms with Crippen molar-refractivity contribution < 1.29 is 76.9 Å². The molecule has 0 aromatic carbocycles. The molecule has 0 aromatic rings. The maximum atomic E-state index is 12.9. The molecular weight excluding hydrogens is 810 g/mol. The molecule has 0 spiro atoms. The maximum absolute atomic E-state index is 12.9. The number of aliphatic hydroxyl groups is 4. The molecule has 1 rings (SSSR count). The Morgan fingerprint density at radius 2 is 0.831 bits per heavy atom. The first-order chi connectivity index (χ1) is 28.1. The van der Waals surface area contributed by atoms with Gasteiger partial charge in [-0.15, -0.1) is 0 Å². The quantitative estimate of drug-likeness (QED) is 0.0177. The minimum Gasteiger partial charge on any atom is -0.462 e. The Hall–Kier alpha value is -1.00. The summed E-state index contributed by atoms with van der Waals surface area (Å²) in [6, 6.07) is 0. The van der Waals surface area contributed by atoms with Gasteiger partial charge in [0.25, 0.3) is 0 Å². The van der Waals surface area contributed by atoms with Crippen LogP contribution in [0.1, 0.15) is 194 Å². The second kappa shape index (κ2) is 33.5. The molecule has 8 atom stereocenters. The number of ether oxygens (including phenoxy) is 2.